The second-order valence-electron chi connectivity index (χ2n) is 7.30. The molecule has 0 bridgehead atoms. The van der Waals surface area contributed by atoms with Gasteiger partial charge in [-0.2, -0.15) is 4.98 Å². The summed E-state index contributed by atoms with van der Waals surface area (Å²) in [5.74, 6) is 0.0754. The summed E-state index contributed by atoms with van der Waals surface area (Å²) in [6.07, 6.45) is 0.936. The molecule has 2 aromatic carbocycles. The highest BCUT2D eigenvalue weighted by molar-refractivity contribution is 5.97. The molecule has 0 unspecified atom stereocenters. The van der Waals surface area contributed by atoms with Crippen LogP contribution < -0.4 is 15.9 Å². The number of carbonyl (C=O) groups excluding carboxylic acids is 1. The van der Waals surface area contributed by atoms with Crippen molar-refractivity contribution in [1.82, 2.24) is 9.97 Å². The number of benzene rings is 2. The Kier molecular flexibility index (Phi) is 5.98. The largest absolute Gasteiger partial charge is 0.460 e. The van der Waals surface area contributed by atoms with E-state index in [1.807, 2.05) is 56.3 Å². The van der Waals surface area contributed by atoms with Crippen LogP contribution in [-0.2, 0) is 13.0 Å². The van der Waals surface area contributed by atoms with Crippen molar-refractivity contribution in [2.24, 2.45) is 0 Å². The van der Waals surface area contributed by atoms with Crippen molar-refractivity contribution < 1.29 is 13.9 Å². The number of ketones is 1. The van der Waals surface area contributed by atoms with E-state index in [2.05, 4.69) is 9.97 Å². The molecule has 0 aliphatic carbocycles. The van der Waals surface area contributed by atoms with Crippen LogP contribution in [0.3, 0.4) is 0 Å². The van der Waals surface area contributed by atoms with Gasteiger partial charge >= 0.3 is 5.63 Å². The SMILES string of the molecule is CCC(=O)c1cccc(-c2ccccc2COc2nc3oc(=O)cc(CC)c3c(=O)[nH]2)c1. The zero-order valence-electron chi connectivity index (χ0n) is 17.8. The highest BCUT2D eigenvalue weighted by atomic mass is 16.5. The van der Waals surface area contributed by atoms with Gasteiger partial charge in [0.05, 0.1) is 0 Å². The van der Waals surface area contributed by atoms with Gasteiger partial charge in [-0.15, -0.1) is 0 Å². The summed E-state index contributed by atoms with van der Waals surface area (Å²) in [4.78, 5) is 43.2. The molecule has 0 saturated heterocycles. The van der Waals surface area contributed by atoms with Crippen LogP contribution in [0.1, 0.15) is 41.8 Å². The molecule has 0 aliphatic heterocycles. The normalized spacial score (nSPS) is 10.9. The molecule has 0 spiro atoms. The van der Waals surface area contributed by atoms with Gasteiger partial charge in [0.1, 0.15) is 12.0 Å². The number of aromatic nitrogens is 2. The van der Waals surface area contributed by atoms with Crippen LogP contribution >= 0.6 is 0 Å². The first-order chi connectivity index (χ1) is 15.5. The van der Waals surface area contributed by atoms with Crippen molar-refractivity contribution in [3.8, 4) is 17.1 Å². The Morgan fingerprint density at radius 3 is 2.62 bits per heavy atom. The molecule has 0 radical (unpaired) electrons. The van der Waals surface area contributed by atoms with Crippen LogP contribution in [0.15, 0.2) is 68.6 Å². The number of aryl methyl sites for hydroxylation is 1. The third-order valence-corrected chi connectivity index (χ3v) is 5.25. The molecule has 2 heterocycles. The molecule has 0 aliphatic rings. The number of fused-ring (bicyclic) bond motifs is 1. The van der Waals surface area contributed by atoms with E-state index < -0.39 is 11.2 Å². The Bertz CT molecular complexity index is 1420. The van der Waals surface area contributed by atoms with Crippen molar-refractivity contribution >= 4 is 16.9 Å². The molecule has 4 rings (SSSR count). The van der Waals surface area contributed by atoms with Crippen LogP contribution in [0.25, 0.3) is 22.2 Å². The second-order valence-corrected chi connectivity index (χ2v) is 7.30. The third-order valence-electron chi connectivity index (χ3n) is 5.25. The van der Waals surface area contributed by atoms with Gasteiger partial charge < -0.3 is 9.15 Å². The predicted octanol–water partition coefficient (Wildman–Crippen LogP) is 4.28. The van der Waals surface area contributed by atoms with Gasteiger partial charge in [0.15, 0.2) is 5.78 Å². The van der Waals surface area contributed by atoms with Crippen molar-refractivity contribution in [1.29, 1.82) is 0 Å². The van der Waals surface area contributed by atoms with Gasteiger partial charge in [0.25, 0.3) is 11.6 Å². The fraction of sp³-hybridized carbons (Fsp3) is 0.200. The fourth-order valence-electron chi connectivity index (χ4n) is 3.61. The van der Waals surface area contributed by atoms with Crippen LogP contribution in [0.4, 0.5) is 0 Å². The van der Waals surface area contributed by atoms with E-state index in [0.29, 0.717) is 24.0 Å². The Balaban J connectivity index is 1.66. The molecule has 2 aromatic heterocycles. The molecule has 162 valence electrons. The van der Waals surface area contributed by atoms with E-state index in [9.17, 15) is 14.4 Å². The number of aromatic amines is 1. The van der Waals surface area contributed by atoms with Gasteiger partial charge in [-0.1, -0.05) is 56.3 Å². The molecule has 0 amide bonds. The third kappa shape index (κ3) is 4.23. The monoisotopic (exact) mass is 430 g/mol. The molecular formula is C25H22N2O5. The summed E-state index contributed by atoms with van der Waals surface area (Å²) in [7, 11) is 0. The number of Topliss-reactive ketones (excluding diaryl/α,β-unsaturated/α-hetero) is 1. The number of hydrogen-bond donors (Lipinski definition) is 1. The molecule has 7 nitrogen and oxygen atoms in total. The van der Waals surface area contributed by atoms with Gasteiger partial charge in [0, 0.05) is 18.1 Å². The molecule has 0 saturated carbocycles. The minimum Gasteiger partial charge on any atom is -0.460 e. The molecular weight excluding hydrogens is 408 g/mol. The minimum absolute atomic E-state index is 0.0383. The number of H-pyrrole nitrogens is 1. The van der Waals surface area contributed by atoms with E-state index in [0.717, 1.165) is 16.7 Å². The summed E-state index contributed by atoms with van der Waals surface area (Å²) in [5.41, 5.74) is 2.83. The minimum atomic E-state index is -0.565. The van der Waals surface area contributed by atoms with E-state index in [-0.39, 0.29) is 29.5 Å². The van der Waals surface area contributed by atoms with E-state index in [1.54, 1.807) is 6.07 Å². The van der Waals surface area contributed by atoms with Crippen LogP contribution in [0.2, 0.25) is 0 Å². The van der Waals surface area contributed by atoms with Crippen LogP contribution in [0.5, 0.6) is 6.01 Å². The lowest BCUT2D eigenvalue weighted by molar-refractivity contribution is 0.0988. The van der Waals surface area contributed by atoms with Gasteiger partial charge in [-0.05, 0) is 34.7 Å². The average molecular weight is 430 g/mol. The second kappa shape index (κ2) is 9.01. The smallest absolute Gasteiger partial charge is 0.337 e. The Morgan fingerprint density at radius 2 is 1.84 bits per heavy atom. The zero-order valence-corrected chi connectivity index (χ0v) is 17.8. The first-order valence-electron chi connectivity index (χ1n) is 10.4. The first kappa shape index (κ1) is 21.2. The summed E-state index contributed by atoms with van der Waals surface area (Å²) >= 11 is 0. The topological polar surface area (TPSA) is 102 Å². The summed E-state index contributed by atoms with van der Waals surface area (Å²) in [6, 6.07) is 16.3. The number of ether oxygens (including phenoxy) is 1. The maximum absolute atomic E-state index is 12.6. The molecule has 32 heavy (non-hydrogen) atoms. The van der Waals surface area contributed by atoms with Crippen molar-refractivity contribution in [2.75, 3.05) is 0 Å². The maximum atomic E-state index is 12.6. The number of hydrogen-bond acceptors (Lipinski definition) is 6. The van der Waals surface area contributed by atoms with Crippen molar-refractivity contribution in [3.05, 3.63) is 92.1 Å². The number of nitrogens with zero attached hydrogens (tertiary/aromatic N) is 1. The van der Waals surface area contributed by atoms with Gasteiger partial charge in [-0.3, -0.25) is 14.6 Å². The highest BCUT2D eigenvalue weighted by Crippen LogP contribution is 2.26. The molecule has 0 fully saturated rings. The number of carbonyl (C=O) groups is 1. The molecule has 1 N–H and O–H groups in total. The van der Waals surface area contributed by atoms with Crippen molar-refractivity contribution in [2.45, 2.75) is 33.3 Å². The predicted molar refractivity (Wildman–Crippen MR) is 121 cm³/mol. The van der Waals surface area contributed by atoms with E-state index in [4.69, 9.17) is 9.15 Å². The first-order valence-corrected chi connectivity index (χ1v) is 10.4. The molecule has 0 atom stereocenters. The lowest BCUT2D eigenvalue weighted by atomic mass is 9.97. The summed E-state index contributed by atoms with van der Waals surface area (Å²) in [6.45, 7) is 3.80. The van der Waals surface area contributed by atoms with Crippen molar-refractivity contribution in [3.63, 3.8) is 0 Å². The number of rotatable bonds is 7. The van der Waals surface area contributed by atoms with Gasteiger partial charge in [0.2, 0.25) is 5.71 Å². The Morgan fingerprint density at radius 1 is 1.03 bits per heavy atom. The molecule has 7 heteroatoms. The van der Waals surface area contributed by atoms with Crippen LogP contribution in [0, 0.1) is 0 Å². The summed E-state index contributed by atoms with van der Waals surface area (Å²) in [5, 5.41) is 0.247. The van der Waals surface area contributed by atoms with E-state index in [1.165, 1.54) is 6.07 Å². The highest BCUT2D eigenvalue weighted by Gasteiger charge is 2.14. The quantitative estimate of drug-likeness (QED) is 0.439. The standard InChI is InChI=1S/C25H22N2O5/c1-3-15-13-21(29)32-24-22(15)23(30)26-25(27-24)31-14-18-8-5-6-11-19(18)16-9-7-10-17(12-16)20(28)4-2/h5-13H,3-4,14H2,1-2H3,(H,26,27,30). The van der Waals surface area contributed by atoms with Crippen LogP contribution in [-0.4, -0.2) is 15.8 Å². The lowest BCUT2D eigenvalue weighted by Gasteiger charge is -2.12. The van der Waals surface area contributed by atoms with E-state index >= 15 is 0 Å². The Hall–Kier alpha value is -4.00. The summed E-state index contributed by atoms with van der Waals surface area (Å²) < 4.78 is 10.9. The Labute approximate surface area is 183 Å². The maximum Gasteiger partial charge on any atom is 0.337 e. The molecule has 4 aromatic rings. The lowest BCUT2D eigenvalue weighted by Crippen LogP contribution is -2.15. The zero-order chi connectivity index (χ0) is 22.7. The average Bonchev–Trinajstić information content (AvgIpc) is 2.81. The van der Waals surface area contributed by atoms with Gasteiger partial charge in [-0.25, -0.2) is 4.79 Å². The number of nitrogens with one attached hydrogen (secondary N) is 1. The fourth-order valence-corrected chi connectivity index (χ4v) is 3.61.